The van der Waals surface area contributed by atoms with Crippen LogP contribution >= 0.6 is 0 Å². The van der Waals surface area contributed by atoms with Crippen LogP contribution in [0.2, 0.25) is 0 Å². The number of nitrogens with one attached hydrogen (secondary N) is 1. The molecule has 0 spiro atoms. The first-order chi connectivity index (χ1) is 20.1. The Morgan fingerprint density at radius 1 is 0.951 bits per heavy atom. The molecule has 1 aliphatic carbocycles. The molecule has 214 valence electrons. The van der Waals surface area contributed by atoms with E-state index in [0.29, 0.717) is 56.3 Å². The third-order valence-corrected chi connectivity index (χ3v) is 7.73. The number of amides is 2. The van der Waals surface area contributed by atoms with Crippen molar-refractivity contribution in [1.82, 2.24) is 4.90 Å². The van der Waals surface area contributed by atoms with E-state index < -0.39 is 0 Å². The summed E-state index contributed by atoms with van der Waals surface area (Å²) >= 11 is 0. The lowest BCUT2D eigenvalue weighted by atomic mass is 10.0. The third-order valence-electron chi connectivity index (χ3n) is 7.73. The number of anilines is 2. The molecule has 2 heterocycles. The number of ether oxygens (including phenoxy) is 3. The van der Waals surface area contributed by atoms with E-state index in [1.807, 2.05) is 17.0 Å². The molecule has 1 saturated heterocycles. The highest BCUT2D eigenvalue weighted by Crippen LogP contribution is 2.36. The summed E-state index contributed by atoms with van der Waals surface area (Å²) in [4.78, 5) is 30.4. The summed E-state index contributed by atoms with van der Waals surface area (Å²) in [6, 6.07) is 19.7. The molecule has 3 N–H and O–H groups in total. The van der Waals surface area contributed by atoms with Crippen LogP contribution in [0.3, 0.4) is 0 Å². The molecule has 3 aromatic carbocycles. The van der Waals surface area contributed by atoms with Crippen LogP contribution in [-0.2, 0) is 16.1 Å². The Morgan fingerprint density at radius 3 is 2.56 bits per heavy atom. The molecule has 0 aromatic heterocycles. The molecule has 9 heteroatoms. The second kappa shape index (κ2) is 12.2. The Bertz CT molecular complexity index is 1420. The highest BCUT2D eigenvalue weighted by atomic mass is 16.7. The molecule has 2 aliphatic heterocycles. The monoisotopic (exact) mass is 556 g/mol. The Hall–Kier alpha value is -4.08. The van der Waals surface area contributed by atoms with Crippen LogP contribution in [0.5, 0.6) is 11.5 Å². The van der Waals surface area contributed by atoms with Crippen molar-refractivity contribution >= 4 is 23.2 Å². The number of nitrogens with two attached hydrogens (primary N) is 1. The van der Waals surface area contributed by atoms with Crippen molar-refractivity contribution in [2.75, 3.05) is 56.4 Å². The summed E-state index contributed by atoms with van der Waals surface area (Å²) in [5, 5.41) is 3.20. The first-order valence-electron chi connectivity index (χ1n) is 14.3. The van der Waals surface area contributed by atoms with Crippen LogP contribution < -0.4 is 25.4 Å². The summed E-state index contributed by atoms with van der Waals surface area (Å²) in [7, 11) is 0. The second-order valence-electron chi connectivity index (χ2n) is 10.7. The summed E-state index contributed by atoms with van der Waals surface area (Å²) in [5.74, 6) is 1.35. The molecule has 9 nitrogen and oxygen atoms in total. The second-order valence-corrected chi connectivity index (χ2v) is 10.7. The van der Waals surface area contributed by atoms with E-state index in [4.69, 9.17) is 19.9 Å². The molecule has 3 aliphatic rings. The molecule has 1 saturated carbocycles. The Kier molecular flexibility index (Phi) is 8.07. The van der Waals surface area contributed by atoms with Gasteiger partial charge in [-0.25, -0.2) is 0 Å². The molecule has 3 aromatic rings. The maximum Gasteiger partial charge on any atom is 0.254 e. The predicted octanol–water partition coefficient (Wildman–Crippen LogP) is 4.26. The fourth-order valence-electron chi connectivity index (χ4n) is 5.29. The minimum atomic E-state index is -0.0814. The number of hydrogen-bond acceptors (Lipinski definition) is 7. The Morgan fingerprint density at radius 2 is 1.76 bits per heavy atom. The van der Waals surface area contributed by atoms with Crippen molar-refractivity contribution < 1.29 is 23.8 Å². The van der Waals surface area contributed by atoms with Crippen LogP contribution in [0, 0.1) is 5.92 Å². The number of carbonyl (C=O) groups excluding carboxylic acids is 2. The minimum Gasteiger partial charge on any atom is -0.454 e. The highest BCUT2D eigenvalue weighted by molar-refractivity contribution is 5.98. The SMILES string of the molecule is NCCCN(Cc1cccc(-c2ccc(N3CCOCC3)c(NC(=O)C3CC3)c2)c1)C(=O)c1ccc2c(c1)OCO2. The summed E-state index contributed by atoms with van der Waals surface area (Å²) in [6.07, 6.45) is 2.60. The molecule has 0 radical (unpaired) electrons. The number of rotatable bonds is 10. The lowest BCUT2D eigenvalue weighted by Gasteiger charge is -2.31. The molecule has 0 unspecified atom stereocenters. The number of hydrogen-bond donors (Lipinski definition) is 2. The molecule has 0 bridgehead atoms. The molecule has 41 heavy (non-hydrogen) atoms. The van der Waals surface area contributed by atoms with E-state index in [1.165, 1.54) is 0 Å². The van der Waals surface area contributed by atoms with Gasteiger partial charge in [0.15, 0.2) is 11.5 Å². The number of fused-ring (bicyclic) bond motifs is 1. The summed E-state index contributed by atoms with van der Waals surface area (Å²) < 4.78 is 16.4. The van der Waals surface area contributed by atoms with E-state index in [2.05, 4.69) is 40.5 Å². The number of nitrogens with zero attached hydrogens (tertiary/aromatic N) is 2. The van der Waals surface area contributed by atoms with Gasteiger partial charge in [-0.15, -0.1) is 0 Å². The van der Waals surface area contributed by atoms with E-state index in [0.717, 1.165) is 54.0 Å². The van der Waals surface area contributed by atoms with Crippen LogP contribution in [-0.4, -0.2) is 62.9 Å². The predicted molar refractivity (Wildman–Crippen MR) is 157 cm³/mol. The van der Waals surface area contributed by atoms with Gasteiger partial charge in [0.25, 0.3) is 5.91 Å². The zero-order valence-electron chi connectivity index (χ0n) is 23.1. The standard InChI is InChI=1S/C32H36N4O5/c33-11-2-12-36(32(38)26-8-10-29-30(19-26)41-21-40-29)20-22-3-1-4-24(17-22)25-7-9-28(35-13-15-39-16-14-35)27(18-25)34-31(37)23-5-6-23/h1,3-4,7-10,17-19,23H,2,5-6,11-16,20-21,33H2,(H,34,37). The van der Waals surface area contributed by atoms with Crippen molar-refractivity contribution in [2.24, 2.45) is 11.7 Å². The number of benzene rings is 3. The smallest absolute Gasteiger partial charge is 0.254 e. The van der Waals surface area contributed by atoms with Crippen molar-refractivity contribution in [3.8, 4) is 22.6 Å². The lowest BCUT2D eigenvalue weighted by Crippen LogP contribution is -2.36. The van der Waals surface area contributed by atoms with Crippen molar-refractivity contribution in [1.29, 1.82) is 0 Å². The van der Waals surface area contributed by atoms with Crippen molar-refractivity contribution in [3.05, 3.63) is 71.8 Å². The van der Waals surface area contributed by atoms with Crippen molar-refractivity contribution in [2.45, 2.75) is 25.8 Å². The molecular formula is C32H36N4O5. The van der Waals surface area contributed by atoms with Gasteiger partial charge in [0.05, 0.1) is 24.6 Å². The first kappa shape index (κ1) is 27.1. The largest absolute Gasteiger partial charge is 0.454 e. The molecule has 2 amide bonds. The maximum atomic E-state index is 13.5. The quantitative estimate of drug-likeness (QED) is 0.384. The van der Waals surface area contributed by atoms with Gasteiger partial charge in [-0.3, -0.25) is 9.59 Å². The zero-order valence-corrected chi connectivity index (χ0v) is 23.1. The van der Waals surface area contributed by atoms with Gasteiger partial charge in [-0.05, 0) is 78.9 Å². The van der Waals surface area contributed by atoms with Gasteiger partial charge >= 0.3 is 0 Å². The Balaban J connectivity index is 1.25. The fraction of sp³-hybridized carbons (Fsp3) is 0.375. The van der Waals surface area contributed by atoms with E-state index in [1.54, 1.807) is 18.2 Å². The average Bonchev–Trinajstić information content (AvgIpc) is 3.76. The molecule has 2 fully saturated rings. The zero-order chi connectivity index (χ0) is 28.2. The van der Waals surface area contributed by atoms with Gasteiger partial charge in [0, 0.05) is 37.7 Å². The van der Waals surface area contributed by atoms with Gasteiger partial charge in [0.2, 0.25) is 12.7 Å². The normalized spacial score (nSPS) is 16.0. The van der Waals surface area contributed by atoms with Crippen LogP contribution in [0.15, 0.2) is 60.7 Å². The lowest BCUT2D eigenvalue weighted by molar-refractivity contribution is -0.117. The van der Waals surface area contributed by atoms with E-state index in [9.17, 15) is 9.59 Å². The van der Waals surface area contributed by atoms with Crippen molar-refractivity contribution in [3.63, 3.8) is 0 Å². The van der Waals surface area contributed by atoms with Gasteiger partial charge in [-0.2, -0.15) is 0 Å². The molecular weight excluding hydrogens is 520 g/mol. The van der Waals surface area contributed by atoms with Crippen LogP contribution in [0.4, 0.5) is 11.4 Å². The average molecular weight is 557 g/mol. The number of morpholine rings is 1. The van der Waals surface area contributed by atoms with E-state index in [-0.39, 0.29) is 24.5 Å². The first-order valence-corrected chi connectivity index (χ1v) is 14.3. The summed E-state index contributed by atoms with van der Waals surface area (Å²) in [6.45, 7) is 4.56. The topological polar surface area (TPSA) is 106 Å². The van der Waals surface area contributed by atoms with E-state index >= 15 is 0 Å². The van der Waals surface area contributed by atoms with Gasteiger partial charge in [0.1, 0.15) is 0 Å². The van der Waals surface area contributed by atoms with Gasteiger partial charge in [-0.1, -0.05) is 24.3 Å². The number of carbonyl (C=O) groups is 2. The van der Waals surface area contributed by atoms with Gasteiger partial charge < -0.3 is 35.1 Å². The molecule has 0 atom stereocenters. The molecule has 6 rings (SSSR count). The highest BCUT2D eigenvalue weighted by Gasteiger charge is 2.30. The third kappa shape index (κ3) is 6.31. The fourth-order valence-corrected chi connectivity index (χ4v) is 5.29. The summed E-state index contributed by atoms with van der Waals surface area (Å²) in [5.41, 5.74) is 11.2. The van der Waals surface area contributed by atoms with Crippen LogP contribution in [0.25, 0.3) is 11.1 Å². The minimum absolute atomic E-state index is 0.0814. The maximum absolute atomic E-state index is 13.5. The Labute approximate surface area is 240 Å². The van der Waals surface area contributed by atoms with Crippen LogP contribution in [0.1, 0.15) is 35.2 Å².